The zero-order valence-electron chi connectivity index (χ0n) is 8.94. The minimum Gasteiger partial charge on any atom is -0.497 e. The molecule has 0 aliphatic heterocycles. The molecule has 0 spiro atoms. The van der Waals surface area contributed by atoms with E-state index < -0.39 is 0 Å². The van der Waals surface area contributed by atoms with Crippen LogP contribution in [0.2, 0.25) is 0 Å². The third kappa shape index (κ3) is 3.81. The number of rotatable bonds is 4. The predicted octanol–water partition coefficient (Wildman–Crippen LogP) is 2.85. The van der Waals surface area contributed by atoms with E-state index in [0.717, 1.165) is 17.6 Å². The molecule has 1 aromatic rings. The van der Waals surface area contributed by atoms with Crippen molar-refractivity contribution in [3.63, 3.8) is 0 Å². The normalized spacial score (nSPS) is 11.7. The van der Waals surface area contributed by atoms with Gasteiger partial charge >= 0.3 is 0 Å². The standard InChI is InChI=1S/C13H14O2/c1-11(10-14)5-3-6-12-7-4-8-13(9-12)15-2/h3-10H,1-2H3. The van der Waals surface area contributed by atoms with Crippen molar-refractivity contribution < 1.29 is 9.53 Å². The van der Waals surface area contributed by atoms with E-state index in [4.69, 9.17) is 4.74 Å². The zero-order valence-corrected chi connectivity index (χ0v) is 8.94. The highest BCUT2D eigenvalue weighted by molar-refractivity contribution is 5.73. The Hall–Kier alpha value is -1.83. The van der Waals surface area contributed by atoms with Crippen molar-refractivity contribution in [2.24, 2.45) is 0 Å². The number of carbonyl (C=O) groups excluding carboxylic acids is 1. The molecule has 2 nitrogen and oxygen atoms in total. The first-order valence-corrected chi connectivity index (χ1v) is 4.70. The lowest BCUT2D eigenvalue weighted by Gasteiger charge is -1.99. The Morgan fingerprint density at radius 2 is 2.20 bits per heavy atom. The third-order valence-corrected chi connectivity index (χ3v) is 1.93. The van der Waals surface area contributed by atoms with Gasteiger partial charge in [-0.1, -0.05) is 30.4 Å². The van der Waals surface area contributed by atoms with Gasteiger partial charge in [0.2, 0.25) is 0 Å². The predicted molar refractivity (Wildman–Crippen MR) is 61.8 cm³/mol. The number of aldehydes is 1. The average Bonchev–Trinajstić information content (AvgIpc) is 2.29. The van der Waals surface area contributed by atoms with Crippen molar-refractivity contribution in [2.75, 3.05) is 7.11 Å². The second kappa shape index (κ2) is 5.81. The van der Waals surface area contributed by atoms with Crippen LogP contribution in [0.3, 0.4) is 0 Å². The molecule has 0 unspecified atom stereocenters. The molecule has 0 radical (unpaired) electrons. The number of allylic oxidation sites excluding steroid dienone is 3. The Morgan fingerprint density at radius 1 is 1.40 bits per heavy atom. The molecule has 0 bridgehead atoms. The highest BCUT2D eigenvalue weighted by Crippen LogP contribution is 2.13. The number of ether oxygens (including phenoxy) is 1. The highest BCUT2D eigenvalue weighted by atomic mass is 16.5. The molecular weight excluding hydrogens is 188 g/mol. The molecule has 0 saturated heterocycles. The van der Waals surface area contributed by atoms with Crippen LogP contribution in [0.25, 0.3) is 6.08 Å². The number of carbonyl (C=O) groups is 1. The molecule has 78 valence electrons. The van der Waals surface area contributed by atoms with E-state index in [1.54, 1.807) is 20.1 Å². The molecule has 0 aliphatic carbocycles. The van der Waals surface area contributed by atoms with E-state index in [9.17, 15) is 4.79 Å². The summed E-state index contributed by atoms with van der Waals surface area (Å²) in [6, 6.07) is 7.72. The van der Waals surface area contributed by atoms with Crippen molar-refractivity contribution in [3.05, 3.63) is 47.6 Å². The van der Waals surface area contributed by atoms with E-state index >= 15 is 0 Å². The quantitative estimate of drug-likeness (QED) is 0.426. The van der Waals surface area contributed by atoms with Crippen LogP contribution in [0.15, 0.2) is 42.0 Å². The van der Waals surface area contributed by atoms with Crippen LogP contribution in [-0.4, -0.2) is 13.4 Å². The van der Waals surface area contributed by atoms with Crippen molar-refractivity contribution >= 4 is 12.4 Å². The smallest absolute Gasteiger partial charge is 0.145 e. The van der Waals surface area contributed by atoms with Crippen LogP contribution >= 0.6 is 0 Å². The first kappa shape index (κ1) is 11.2. The van der Waals surface area contributed by atoms with Gasteiger partial charge in [-0.25, -0.2) is 0 Å². The van der Waals surface area contributed by atoms with E-state index in [0.29, 0.717) is 5.57 Å². The summed E-state index contributed by atoms with van der Waals surface area (Å²) in [6.45, 7) is 1.77. The van der Waals surface area contributed by atoms with Crippen LogP contribution in [0.4, 0.5) is 0 Å². The van der Waals surface area contributed by atoms with E-state index in [-0.39, 0.29) is 0 Å². The van der Waals surface area contributed by atoms with Crippen molar-refractivity contribution in [2.45, 2.75) is 6.92 Å². The zero-order chi connectivity index (χ0) is 11.1. The van der Waals surface area contributed by atoms with Gasteiger partial charge < -0.3 is 4.74 Å². The SMILES string of the molecule is COc1cccc(C=CC=C(C)C=O)c1. The van der Waals surface area contributed by atoms with Gasteiger partial charge in [0, 0.05) is 0 Å². The van der Waals surface area contributed by atoms with E-state index in [1.807, 2.05) is 36.4 Å². The molecule has 2 heteroatoms. The molecule has 0 aromatic heterocycles. The van der Waals surface area contributed by atoms with Gasteiger partial charge in [0.1, 0.15) is 12.0 Å². The fourth-order valence-corrected chi connectivity index (χ4v) is 1.10. The van der Waals surface area contributed by atoms with E-state index in [2.05, 4.69) is 0 Å². The summed E-state index contributed by atoms with van der Waals surface area (Å²) < 4.78 is 5.10. The Labute approximate surface area is 89.9 Å². The monoisotopic (exact) mass is 202 g/mol. The van der Waals surface area contributed by atoms with Gasteiger partial charge in [-0.2, -0.15) is 0 Å². The molecule has 15 heavy (non-hydrogen) atoms. The van der Waals surface area contributed by atoms with Gasteiger partial charge in [-0.15, -0.1) is 0 Å². The maximum Gasteiger partial charge on any atom is 0.145 e. The first-order chi connectivity index (χ1) is 7.26. The Bertz CT molecular complexity index is 389. The lowest BCUT2D eigenvalue weighted by atomic mass is 10.2. The van der Waals surface area contributed by atoms with Crippen molar-refractivity contribution in [1.29, 1.82) is 0 Å². The average molecular weight is 202 g/mol. The third-order valence-electron chi connectivity index (χ3n) is 1.93. The van der Waals surface area contributed by atoms with Gasteiger partial charge in [0.05, 0.1) is 7.11 Å². The first-order valence-electron chi connectivity index (χ1n) is 4.70. The second-order valence-corrected chi connectivity index (χ2v) is 3.16. The lowest BCUT2D eigenvalue weighted by Crippen LogP contribution is -1.82. The Balaban J connectivity index is 2.76. The summed E-state index contributed by atoms with van der Waals surface area (Å²) in [4.78, 5) is 10.3. The summed E-state index contributed by atoms with van der Waals surface area (Å²) in [5, 5.41) is 0. The Kier molecular flexibility index (Phi) is 4.35. The molecule has 1 aromatic carbocycles. The summed E-state index contributed by atoms with van der Waals surface area (Å²) in [6.07, 6.45) is 6.37. The molecule has 0 aliphatic rings. The second-order valence-electron chi connectivity index (χ2n) is 3.16. The van der Waals surface area contributed by atoms with Crippen LogP contribution in [0.5, 0.6) is 5.75 Å². The summed E-state index contributed by atoms with van der Waals surface area (Å²) >= 11 is 0. The number of hydrogen-bond donors (Lipinski definition) is 0. The molecule has 0 N–H and O–H groups in total. The van der Waals surface area contributed by atoms with Crippen molar-refractivity contribution in [1.82, 2.24) is 0 Å². The fourth-order valence-electron chi connectivity index (χ4n) is 1.10. The van der Waals surface area contributed by atoms with Crippen molar-refractivity contribution in [3.8, 4) is 5.75 Å². The fraction of sp³-hybridized carbons (Fsp3) is 0.154. The van der Waals surface area contributed by atoms with Crippen LogP contribution in [0.1, 0.15) is 12.5 Å². The number of benzene rings is 1. The topological polar surface area (TPSA) is 26.3 Å². The van der Waals surface area contributed by atoms with Crippen LogP contribution in [0, 0.1) is 0 Å². The van der Waals surface area contributed by atoms with Crippen LogP contribution in [-0.2, 0) is 4.79 Å². The number of hydrogen-bond acceptors (Lipinski definition) is 2. The van der Waals surface area contributed by atoms with Crippen LogP contribution < -0.4 is 4.74 Å². The summed E-state index contributed by atoms with van der Waals surface area (Å²) in [7, 11) is 1.64. The largest absolute Gasteiger partial charge is 0.497 e. The maximum absolute atomic E-state index is 10.3. The molecular formula is C13H14O2. The Morgan fingerprint density at radius 3 is 2.87 bits per heavy atom. The molecule has 1 rings (SSSR count). The van der Waals surface area contributed by atoms with Gasteiger partial charge in [0.25, 0.3) is 0 Å². The van der Waals surface area contributed by atoms with E-state index in [1.165, 1.54) is 0 Å². The molecule has 0 fully saturated rings. The molecule has 0 heterocycles. The minimum atomic E-state index is 0.703. The molecule has 0 saturated carbocycles. The molecule has 0 atom stereocenters. The maximum atomic E-state index is 10.3. The lowest BCUT2D eigenvalue weighted by molar-refractivity contribution is -0.104. The van der Waals surface area contributed by atoms with Gasteiger partial charge in [0.15, 0.2) is 0 Å². The summed E-state index contributed by atoms with van der Waals surface area (Å²) in [5.41, 5.74) is 1.75. The number of methoxy groups -OCH3 is 1. The highest BCUT2D eigenvalue weighted by Gasteiger charge is 1.90. The minimum absolute atomic E-state index is 0.703. The van der Waals surface area contributed by atoms with Gasteiger partial charge in [-0.3, -0.25) is 4.79 Å². The summed E-state index contributed by atoms with van der Waals surface area (Å²) in [5.74, 6) is 0.827. The van der Waals surface area contributed by atoms with Gasteiger partial charge in [-0.05, 0) is 30.2 Å². The molecule has 0 amide bonds.